The molecule has 7 heteroatoms. The first-order valence-corrected chi connectivity index (χ1v) is 11.1. The molecule has 1 N–H and O–H groups in total. The summed E-state index contributed by atoms with van der Waals surface area (Å²) < 4.78 is 11.2. The molecule has 1 aromatic heterocycles. The number of nitrogens with zero attached hydrogens (tertiary/aromatic N) is 2. The lowest BCUT2D eigenvalue weighted by Gasteiger charge is -2.27. The van der Waals surface area contributed by atoms with Crippen molar-refractivity contribution in [2.75, 3.05) is 31.0 Å². The molecule has 7 nitrogen and oxygen atoms in total. The summed E-state index contributed by atoms with van der Waals surface area (Å²) in [6, 6.07) is 22.7. The molecule has 0 bridgehead atoms. The van der Waals surface area contributed by atoms with Crippen LogP contribution in [0.25, 0.3) is 11.0 Å². The zero-order valence-corrected chi connectivity index (χ0v) is 19.6. The maximum absolute atomic E-state index is 13.7. The van der Waals surface area contributed by atoms with Crippen LogP contribution in [0, 0.1) is 0 Å². The monoisotopic (exact) mass is 468 g/mol. The number of para-hydroxylation sites is 1. The van der Waals surface area contributed by atoms with E-state index in [0.717, 1.165) is 5.69 Å². The van der Waals surface area contributed by atoms with Crippen LogP contribution >= 0.6 is 0 Å². The van der Waals surface area contributed by atoms with Gasteiger partial charge in [-0.1, -0.05) is 42.5 Å². The highest BCUT2D eigenvalue weighted by molar-refractivity contribution is 6.20. The molecular formula is C28H24N2O5. The second-order valence-corrected chi connectivity index (χ2v) is 8.48. The fourth-order valence-corrected chi connectivity index (χ4v) is 4.41. The highest BCUT2D eigenvalue weighted by Crippen LogP contribution is 2.43. The van der Waals surface area contributed by atoms with Crippen LogP contribution in [-0.2, 0) is 4.79 Å². The van der Waals surface area contributed by atoms with Crippen LogP contribution in [0.3, 0.4) is 0 Å². The van der Waals surface area contributed by atoms with E-state index >= 15 is 0 Å². The van der Waals surface area contributed by atoms with Crippen molar-refractivity contribution in [2.45, 2.75) is 6.04 Å². The standard InChI is InChI=1S/C28H24N2O5/c1-29(2)19-12-14-20(15-13-19)30-24(17-8-5-4-6-9-17)23(26(32)28(30)33)25(31)22-16-18-10-7-11-21(34-3)27(18)35-22/h4-16,24,32H,1-3H3. The van der Waals surface area contributed by atoms with Gasteiger partial charge in [0.2, 0.25) is 5.78 Å². The number of carbonyl (C=O) groups is 2. The maximum atomic E-state index is 13.7. The number of hydrogen-bond acceptors (Lipinski definition) is 6. The lowest BCUT2D eigenvalue weighted by Crippen LogP contribution is -2.31. The van der Waals surface area contributed by atoms with Gasteiger partial charge in [0, 0.05) is 30.9 Å². The van der Waals surface area contributed by atoms with E-state index in [1.807, 2.05) is 61.5 Å². The van der Waals surface area contributed by atoms with Gasteiger partial charge in [-0.2, -0.15) is 0 Å². The Labute approximate surface area is 202 Å². The first-order valence-electron chi connectivity index (χ1n) is 11.1. The molecule has 1 aliphatic rings. The lowest BCUT2D eigenvalue weighted by molar-refractivity contribution is -0.117. The number of amides is 1. The van der Waals surface area contributed by atoms with Crippen LogP contribution in [0.15, 0.2) is 94.6 Å². The first-order chi connectivity index (χ1) is 16.9. The van der Waals surface area contributed by atoms with Crippen molar-refractivity contribution in [3.8, 4) is 5.75 Å². The minimum absolute atomic E-state index is 0.0181. The number of fused-ring (bicyclic) bond motifs is 1. The number of rotatable bonds is 6. The zero-order valence-electron chi connectivity index (χ0n) is 19.6. The molecule has 1 unspecified atom stereocenters. The number of ketones is 1. The fourth-order valence-electron chi connectivity index (χ4n) is 4.41. The van der Waals surface area contributed by atoms with E-state index in [9.17, 15) is 14.7 Å². The second kappa shape index (κ2) is 8.68. The molecule has 0 aliphatic carbocycles. The van der Waals surface area contributed by atoms with E-state index in [4.69, 9.17) is 9.15 Å². The first kappa shape index (κ1) is 22.3. The number of anilines is 2. The Morgan fingerprint density at radius 3 is 2.37 bits per heavy atom. The second-order valence-electron chi connectivity index (χ2n) is 8.48. The van der Waals surface area contributed by atoms with Gasteiger partial charge >= 0.3 is 0 Å². The van der Waals surface area contributed by atoms with Gasteiger partial charge in [-0.25, -0.2) is 0 Å². The topological polar surface area (TPSA) is 83.2 Å². The molecule has 2 heterocycles. The fraction of sp³-hybridized carbons (Fsp3) is 0.143. The number of aliphatic hydroxyl groups is 1. The van der Waals surface area contributed by atoms with E-state index in [0.29, 0.717) is 28.0 Å². The normalized spacial score (nSPS) is 15.7. The maximum Gasteiger partial charge on any atom is 0.294 e. The van der Waals surface area contributed by atoms with Gasteiger partial charge in [-0.15, -0.1) is 0 Å². The van der Waals surface area contributed by atoms with Crippen molar-refractivity contribution in [3.05, 3.63) is 102 Å². The highest BCUT2D eigenvalue weighted by Gasteiger charge is 2.45. The molecule has 4 aromatic rings. The number of aliphatic hydroxyl groups excluding tert-OH is 1. The Balaban J connectivity index is 1.63. The van der Waals surface area contributed by atoms with Gasteiger partial charge in [-0.05, 0) is 42.0 Å². The summed E-state index contributed by atoms with van der Waals surface area (Å²) in [4.78, 5) is 30.5. The Morgan fingerprint density at radius 1 is 1.00 bits per heavy atom. The number of furan rings is 1. The van der Waals surface area contributed by atoms with Crippen molar-refractivity contribution in [1.29, 1.82) is 0 Å². The van der Waals surface area contributed by atoms with Gasteiger partial charge in [-0.3, -0.25) is 14.5 Å². The summed E-state index contributed by atoms with van der Waals surface area (Å²) in [5, 5.41) is 11.6. The predicted molar refractivity (Wildman–Crippen MR) is 134 cm³/mol. The molecule has 176 valence electrons. The van der Waals surface area contributed by atoms with Crippen LogP contribution < -0.4 is 14.5 Å². The minimum atomic E-state index is -0.823. The Morgan fingerprint density at radius 2 is 1.71 bits per heavy atom. The SMILES string of the molecule is COc1cccc2cc(C(=O)C3=C(O)C(=O)N(c4ccc(N(C)C)cc4)C3c3ccccc3)oc12. The molecule has 0 saturated carbocycles. The van der Waals surface area contributed by atoms with E-state index in [-0.39, 0.29) is 11.3 Å². The quantitative estimate of drug-likeness (QED) is 0.387. The Hall–Kier alpha value is -4.52. The summed E-state index contributed by atoms with van der Waals surface area (Å²) >= 11 is 0. The van der Waals surface area contributed by atoms with E-state index in [1.54, 1.807) is 36.4 Å². The van der Waals surface area contributed by atoms with E-state index in [1.165, 1.54) is 12.0 Å². The zero-order chi connectivity index (χ0) is 24.7. The molecule has 1 amide bonds. The molecule has 1 aliphatic heterocycles. The molecule has 3 aromatic carbocycles. The van der Waals surface area contributed by atoms with Crippen LogP contribution in [0.1, 0.15) is 22.2 Å². The molecule has 35 heavy (non-hydrogen) atoms. The van der Waals surface area contributed by atoms with Crippen LogP contribution in [0.2, 0.25) is 0 Å². The van der Waals surface area contributed by atoms with Crippen LogP contribution in [0.4, 0.5) is 11.4 Å². The third kappa shape index (κ3) is 3.71. The van der Waals surface area contributed by atoms with Crippen molar-refractivity contribution in [3.63, 3.8) is 0 Å². The molecule has 5 rings (SSSR count). The van der Waals surface area contributed by atoms with Crippen molar-refractivity contribution in [1.82, 2.24) is 0 Å². The molecular weight excluding hydrogens is 444 g/mol. The Kier molecular flexibility index (Phi) is 5.53. The highest BCUT2D eigenvalue weighted by atomic mass is 16.5. The summed E-state index contributed by atoms with van der Waals surface area (Å²) in [6.07, 6.45) is 0. The summed E-state index contributed by atoms with van der Waals surface area (Å²) in [5.74, 6) is -1.29. The minimum Gasteiger partial charge on any atom is -0.503 e. The number of carbonyl (C=O) groups excluding carboxylic acids is 2. The predicted octanol–water partition coefficient (Wildman–Crippen LogP) is 5.29. The average molecular weight is 469 g/mol. The number of ether oxygens (including phenoxy) is 1. The van der Waals surface area contributed by atoms with Crippen LogP contribution in [0.5, 0.6) is 5.75 Å². The van der Waals surface area contributed by atoms with Gasteiger partial charge in [0.05, 0.1) is 18.7 Å². The number of hydrogen-bond donors (Lipinski definition) is 1. The third-order valence-electron chi connectivity index (χ3n) is 6.16. The van der Waals surface area contributed by atoms with Gasteiger partial charge in [0.25, 0.3) is 5.91 Å². The van der Waals surface area contributed by atoms with E-state index in [2.05, 4.69) is 0 Å². The smallest absolute Gasteiger partial charge is 0.294 e. The summed E-state index contributed by atoms with van der Waals surface area (Å²) in [7, 11) is 5.37. The number of benzene rings is 3. The lowest BCUT2D eigenvalue weighted by atomic mass is 9.95. The van der Waals surface area contributed by atoms with Gasteiger partial charge in [0.1, 0.15) is 0 Å². The Bertz CT molecular complexity index is 1450. The van der Waals surface area contributed by atoms with Gasteiger partial charge in [0.15, 0.2) is 22.9 Å². The largest absolute Gasteiger partial charge is 0.503 e. The molecule has 0 saturated heterocycles. The number of Topliss-reactive ketones (excluding diaryl/α,β-unsaturated/α-hetero) is 1. The molecule has 0 fully saturated rings. The molecule has 0 spiro atoms. The van der Waals surface area contributed by atoms with Gasteiger partial charge < -0.3 is 19.2 Å². The van der Waals surface area contributed by atoms with E-state index < -0.39 is 23.5 Å². The van der Waals surface area contributed by atoms with Crippen LogP contribution in [-0.4, -0.2) is 38.0 Å². The summed E-state index contributed by atoms with van der Waals surface area (Å²) in [5.41, 5.74) is 2.61. The van der Waals surface area contributed by atoms with Crippen molar-refractivity contribution >= 4 is 34.0 Å². The molecule has 1 atom stereocenters. The average Bonchev–Trinajstić information content (AvgIpc) is 3.43. The summed E-state index contributed by atoms with van der Waals surface area (Å²) in [6.45, 7) is 0. The van der Waals surface area contributed by atoms with Crippen molar-refractivity contribution < 1.29 is 23.8 Å². The van der Waals surface area contributed by atoms with Crippen molar-refractivity contribution in [2.24, 2.45) is 0 Å². The number of methoxy groups -OCH3 is 1. The molecule has 0 radical (unpaired) electrons. The third-order valence-corrected chi connectivity index (χ3v) is 6.16.